The largest absolute Gasteiger partial charge is 0.448 e. The van der Waals surface area contributed by atoms with Gasteiger partial charge in [0.1, 0.15) is 6.61 Å². The van der Waals surface area contributed by atoms with Gasteiger partial charge in [-0.25, -0.2) is 4.79 Å². The lowest BCUT2D eigenvalue weighted by molar-refractivity contribution is -0.0228. The van der Waals surface area contributed by atoms with Gasteiger partial charge in [-0.2, -0.15) is 0 Å². The van der Waals surface area contributed by atoms with Crippen LogP contribution in [0.1, 0.15) is 17.0 Å². The number of ether oxygens (including phenoxy) is 9. The van der Waals surface area contributed by atoms with Gasteiger partial charge in [0.05, 0.1) is 106 Å². The molecule has 0 saturated carbocycles. The molecule has 0 spiro atoms. The Morgan fingerprint density at radius 3 is 1.39 bits per heavy atom. The third kappa shape index (κ3) is 14.7. The Morgan fingerprint density at radius 2 is 0.978 bits per heavy atom. The fraction of sp³-hybridized carbons (Fsp3) is 0.571. The monoisotopic (exact) mass is 645 g/mol. The number of benzene rings is 2. The van der Waals surface area contributed by atoms with Crippen LogP contribution in [-0.2, 0) is 42.6 Å². The third-order valence-electron chi connectivity index (χ3n) is 7.06. The molecule has 0 bridgehead atoms. The Morgan fingerprint density at radius 1 is 0.609 bits per heavy atom. The van der Waals surface area contributed by atoms with E-state index in [-0.39, 0.29) is 12.0 Å². The molecule has 0 N–H and O–H groups in total. The SMILES string of the molecule is C=CCOCCOCCOCCOCCOCCOCCOCCOCCN(C)C(=O)OCC1c2ccccc2-c2ccccc21. The van der Waals surface area contributed by atoms with Crippen LogP contribution in [0.4, 0.5) is 4.79 Å². The summed E-state index contributed by atoms with van der Waals surface area (Å²) in [6, 6.07) is 16.6. The van der Waals surface area contributed by atoms with Gasteiger partial charge < -0.3 is 47.5 Å². The molecule has 3 rings (SSSR count). The van der Waals surface area contributed by atoms with Crippen molar-refractivity contribution in [2.24, 2.45) is 0 Å². The van der Waals surface area contributed by atoms with Crippen LogP contribution >= 0.6 is 0 Å². The first-order valence-corrected chi connectivity index (χ1v) is 16.0. The molecule has 0 saturated heterocycles. The molecule has 0 aliphatic heterocycles. The summed E-state index contributed by atoms with van der Waals surface area (Å²) < 4.78 is 49.3. The van der Waals surface area contributed by atoms with E-state index in [0.29, 0.717) is 119 Å². The number of carbonyl (C=O) groups excluding carboxylic acids is 1. The smallest absolute Gasteiger partial charge is 0.409 e. The number of nitrogens with zero attached hydrogens (tertiary/aromatic N) is 1. The van der Waals surface area contributed by atoms with Crippen molar-refractivity contribution in [1.29, 1.82) is 0 Å². The number of hydrogen-bond acceptors (Lipinski definition) is 10. The second-order valence-corrected chi connectivity index (χ2v) is 10.4. The maximum Gasteiger partial charge on any atom is 0.409 e. The first-order valence-electron chi connectivity index (χ1n) is 16.0. The van der Waals surface area contributed by atoms with Crippen molar-refractivity contribution in [3.63, 3.8) is 0 Å². The Labute approximate surface area is 273 Å². The van der Waals surface area contributed by atoms with E-state index in [9.17, 15) is 4.79 Å². The highest BCUT2D eigenvalue weighted by atomic mass is 16.6. The molecular weight excluding hydrogens is 594 g/mol. The Kier molecular flexibility index (Phi) is 19.9. The molecule has 0 aromatic heterocycles. The summed E-state index contributed by atoms with van der Waals surface area (Å²) in [5, 5.41) is 0. The number of fused-ring (bicyclic) bond motifs is 3. The van der Waals surface area contributed by atoms with Gasteiger partial charge in [-0.15, -0.1) is 6.58 Å². The van der Waals surface area contributed by atoms with E-state index in [1.165, 1.54) is 27.2 Å². The summed E-state index contributed by atoms with van der Waals surface area (Å²) in [5.41, 5.74) is 4.81. The van der Waals surface area contributed by atoms with Crippen LogP contribution in [0, 0.1) is 0 Å². The van der Waals surface area contributed by atoms with Gasteiger partial charge in [0.25, 0.3) is 0 Å². The van der Waals surface area contributed by atoms with Crippen molar-refractivity contribution in [1.82, 2.24) is 4.90 Å². The van der Waals surface area contributed by atoms with Crippen LogP contribution in [-0.4, -0.2) is 137 Å². The highest BCUT2D eigenvalue weighted by molar-refractivity contribution is 5.79. The van der Waals surface area contributed by atoms with Gasteiger partial charge in [0, 0.05) is 19.5 Å². The van der Waals surface area contributed by atoms with Crippen LogP contribution in [0.15, 0.2) is 61.2 Å². The van der Waals surface area contributed by atoms with Gasteiger partial charge >= 0.3 is 6.09 Å². The van der Waals surface area contributed by atoms with Crippen molar-refractivity contribution in [3.8, 4) is 11.1 Å². The molecule has 1 amide bonds. The van der Waals surface area contributed by atoms with Crippen molar-refractivity contribution in [3.05, 3.63) is 72.3 Å². The van der Waals surface area contributed by atoms with Crippen LogP contribution < -0.4 is 0 Å². The first-order chi connectivity index (χ1) is 22.7. The molecule has 1 aliphatic carbocycles. The lowest BCUT2D eigenvalue weighted by atomic mass is 9.98. The van der Waals surface area contributed by atoms with Gasteiger partial charge in [-0.05, 0) is 22.3 Å². The summed E-state index contributed by atoms with van der Waals surface area (Å²) in [6.07, 6.45) is 1.35. The molecule has 0 unspecified atom stereocenters. The molecule has 0 radical (unpaired) electrons. The third-order valence-corrected chi connectivity index (χ3v) is 7.06. The quantitative estimate of drug-likeness (QED) is 0.0989. The lowest BCUT2D eigenvalue weighted by Crippen LogP contribution is -2.32. The maximum absolute atomic E-state index is 12.6. The molecule has 11 nitrogen and oxygen atoms in total. The lowest BCUT2D eigenvalue weighted by Gasteiger charge is -2.19. The normalized spacial score (nSPS) is 12.2. The van der Waals surface area contributed by atoms with Gasteiger partial charge in [-0.3, -0.25) is 0 Å². The summed E-state index contributed by atoms with van der Waals surface area (Å²) in [5.74, 6) is 0.0433. The number of hydrogen-bond donors (Lipinski definition) is 0. The minimum absolute atomic E-state index is 0.0433. The van der Waals surface area contributed by atoms with Gasteiger partial charge in [0.2, 0.25) is 0 Å². The summed E-state index contributed by atoms with van der Waals surface area (Å²) in [4.78, 5) is 14.1. The van der Waals surface area contributed by atoms with Crippen molar-refractivity contribution in [2.75, 3.05) is 126 Å². The average Bonchev–Trinajstić information content (AvgIpc) is 3.40. The molecule has 1 aliphatic rings. The second kappa shape index (κ2) is 24.3. The van der Waals surface area contributed by atoms with Crippen molar-refractivity contribution in [2.45, 2.75) is 5.92 Å². The van der Waals surface area contributed by atoms with Crippen LogP contribution in [0.25, 0.3) is 11.1 Å². The minimum atomic E-state index is -0.361. The molecule has 0 atom stereocenters. The van der Waals surface area contributed by atoms with Crippen molar-refractivity contribution >= 4 is 6.09 Å². The molecule has 2 aromatic rings. The number of likely N-dealkylation sites (N-methyl/N-ethyl adjacent to an activating group) is 1. The van der Waals surface area contributed by atoms with E-state index >= 15 is 0 Å². The highest BCUT2D eigenvalue weighted by Gasteiger charge is 2.29. The number of rotatable bonds is 28. The van der Waals surface area contributed by atoms with E-state index in [2.05, 4.69) is 30.8 Å². The van der Waals surface area contributed by atoms with Gasteiger partial charge in [0.15, 0.2) is 0 Å². The van der Waals surface area contributed by atoms with E-state index in [1.807, 2.05) is 24.3 Å². The van der Waals surface area contributed by atoms with E-state index in [1.54, 1.807) is 13.1 Å². The fourth-order valence-corrected chi connectivity index (χ4v) is 4.70. The molecular formula is C35H51NO10. The molecule has 0 heterocycles. The zero-order valence-corrected chi connectivity index (χ0v) is 27.2. The standard InChI is InChI=1S/C35H51NO10/c1-3-13-38-15-17-40-19-21-42-23-25-44-27-28-45-26-24-43-22-20-41-18-16-39-14-12-36(2)35(37)46-29-34-32-10-6-4-8-30(32)31-9-5-7-11-33(31)34/h3-11,34H,1,12-29H2,2H3. The Bertz CT molecular complexity index is 1060. The topological polar surface area (TPSA) is 103 Å². The van der Waals surface area contributed by atoms with Crippen LogP contribution in [0.5, 0.6) is 0 Å². The fourth-order valence-electron chi connectivity index (χ4n) is 4.70. The second-order valence-electron chi connectivity index (χ2n) is 10.4. The Balaban J connectivity index is 1.04. The number of amides is 1. The van der Waals surface area contributed by atoms with Crippen LogP contribution in [0.3, 0.4) is 0 Å². The van der Waals surface area contributed by atoms with E-state index < -0.39 is 0 Å². The summed E-state index contributed by atoms with van der Waals surface area (Å²) in [6.45, 7) is 12.3. The highest BCUT2D eigenvalue weighted by Crippen LogP contribution is 2.44. The first kappa shape index (κ1) is 37.6. The average molecular weight is 646 g/mol. The zero-order chi connectivity index (χ0) is 32.5. The zero-order valence-electron chi connectivity index (χ0n) is 27.2. The van der Waals surface area contributed by atoms with Gasteiger partial charge in [-0.1, -0.05) is 54.6 Å². The molecule has 46 heavy (non-hydrogen) atoms. The minimum Gasteiger partial charge on any atom is -0.448 e. The molecule has 2 aromatic carbocycles. The summed E-state index contributed by atoms with van der Waals surface area (Å²) >= 11 is 0. The summed E-state index contributed by atoms with van der Waals surface area (Å²) in [7, 11) is 1.71. The number of carbonyl (C=O) groups is 1. The Hall–Kier alpha value is -2.87. The van der Waals surface area contributed by atoms with Crippen molar-refractivity contribution < 1.29 is 47.4 Å². The van der Waals surface area contributed by atoms with Crippen LogP contribution in [0.2, 0.25) is 0 Å². The predicted molar refractivity (Wildman–Crippen MR) is 174 cm³/mol. The maximum atomic E-state index is 12.6. The van der Waals surface area contributed by atoms with E-state index in [4.69, 9.17) is 42.6 Å². The molecule has 0 fully saturated rings. The predicted octanol–water partition coefficient (Wildman–Crippen LogP) is 4.19. The molecule has 11 heteroatoms. The molecule has 256 valence electrons. The van der Waals surface area contributed by atoms with E-state index in [0.717, 1.165) is 0 Å².